The third kappa shape index (κ3) is 4.18. The third-order valence-electron chi connectivity index (χ3n) is 3.95. The number of carbonyl (C=O) groups excluding carboxylic acids is 1. The van der Waals surface area contributed by atoms with E-state index in [1.54, 1.807) is 17.0 Å². The molecule has 0 aromatic carbocycles. The van der Waals surface area contributed by atoms with Gasteiger partial charge in [0.25, 0.3) is 5.91 Å². The Morgan fingerprint density at radius 2 is 2.18 bits per heavy atom. The summed E-state index contributed by atoms with van der Waals surface area (Å²) in [5.41, 5.74) is 0.0590. The number of nitrogens with zero attached hydrogens (tertiary/aromatic N) is 2. The molecule has 0 unspecified atom stereocenters. The average Bonchev–Trinajstić information content (AvgIpc) is 2.48. The molecule has 1 aliphatic rings. The van der Waals surface area contributed by atoms with E-state index in [-0.39, 0.29) is 24.1 Å². The molecule has 1 aromatic rings. The van der Waals surface area contributed by atoms with Crippen molar-refractivity contribution in [2.75, 3.05) is 32.8 Å². The van der Waals surface area contributed by atoms with E-state index in [2.05, 4.69) is 23.7 Å². The lowest BCUT2D eigenvalue weighted by Gasteiger charge is -2.42. The van der Waals surface area contributed by atoms with Crippen LogP contribution in [0.1, 0.15) is 30.8 Å². The molecule has 1 aromatic heterocycles. The number of aromatic nitrogens is 1. The molecular weight excluding hydrogens is 282 g/mol. The molecule has 0 bridgehead atoms. The standard InChI is InChI=1S/C16H25N3O3/c1-12(2)10-18-7-8-19(11-13(18)6-9-20)16(22)14-4-3-5-15(21)17-14/h3-5,12-13,20H,6-11H2,1-2H3,(H,17,21)/t13-/m1/s1. The number of aromatic amines is 1. The van der Waals surface area contributed by atoms with Crippen molar-refractivity contribution in [3.05, 3.63) is 34.2 Å². The highest BCUT2D eigenvalue weighted by Gasteiger charge is 2.30. The second-order valence-electron chi connectivity index (χ2n) is 6.23. The molecular formula is C16H25N3O3. The summed E-state index contributed by atoms with van der Waals surface area (Å²) in [7, 11) is 0. The lowest BCUT2D eigenvalue weighted by atomic mass is 10.1. The van der Waals surface area contributed by atoms with Crippen LogP contribution < -0.4 is 5.56 Å². The number of aliphatic hydroxyl groups excluding tert-OH is 1. The van der Waals surface area contributed by atoms with Gasteiger partial charge in [-0.3, -0.25) is 14.5 Å². The summed E-state index contributed by atoms with van der Waals surface area (Å²) in [5, 5.41) is 9.27. The largest absolute Gasteiger partial charge is 0.396 e. The smallest absolute Gasteiger partial charge is 0.270 e. The number of hydrogen-bond acceptors (Lipinski definition) is 4. The normalized spacial score (nSPS) is 19.6. The monoisotopic (exact) mass is 307 g/mol. The summed E-state index contributed by atoms with van der Waals surface area (Å²) < 4.78 is 0. The van der Waals surface area contributed by atoms with E-state index in [0.29, 0.717) is 31.1 Å². The topological polar surface area (TPSA) is 76.6 Å². The van der Waals surface area contributed by atoms with Crippen LogP contribution in [-0.4, -0.2) is 64.6 Å². The maximum absolute atomic E-state index is 12.5. The minimum Gasteiger partial charge on any atom is -0.396 e. The van der Waals surface area contributed by atoms with Crippen LogP contribution in [0.4, 0.5) is 0 Å². The van der Waals surface area contributed by atoms with Gasteiger partial charge in [0.2, 0.25) is 5.56 Å². The van der Waals surface area contributed by atoms with E-state index in [1.807, 2.05) is 0 Å². The minimum absolute atomic E-state index is 0.115. The number of hydrogen-bond donors (Lipinski definition) is 2. The number of piperazine rings is 1. The van der Waals surface area contributed by atoms with Gasteiger partial charge in [-0.1, -0.05) is 19.9 Å². The van der Waals surface area contributed by atoms with Crippen LogP contribution >= 0.6 is 0 Å². The van der Waals surface area contributed by atoms with Crippen LogP contribution in [0.5, 0.6) is 0 Å². The zero-order valence-corrected chi connectivity index (χ0v) is 13.3. The van der Waals surface area contributed by atoms with E-state index in [1.165, 1.54) is 6.07 Å². The number of H-pyrrole nitrogens is 1. The molecule has 2 rings (SSSR count). The number of carbonyl (C=O) groups is 1. The lowest BCUT2D eigenvalue weighted by Crippen LogP contribution is -2.55. The maximum atomic E-state index is 12.5. The zero-order valence-electron chi connectivity index (χ0n) is 13.3. The lowest BCUT2D eigenvalue weighted by molar-refractivity contribution is 0.0380. The summed E-state index contributed by atoms with van der Waals surface area (Å²) in [6, 6.07) is 4.78. The van der Waals surface area contributed by atoms with E-state index in [9.17, 15) is 14.7 Å². The second kappa shape index (κ2) is 7.56. The Balaban J connectivity index is 2.07. The van der Waals surface area contributed by atoms with Gasteiger partial charge in [-0.25, -0.2) is 0 Å². The molecule has 0 aliphatic carbocycles. The highest BCUT2D eigenvalue weighted by Crippen LogP contribution is 2.16. The van der Waals surface area contributed by atoms with Crippen LogP contribution in [0.3, 0.4) is 0 Å². The summed E-state index contributed by atoms with van der Waals surface area (Å²) in [4.78, 5) is 30.6. The Morgan fingerprint density at radius 3 is 2.82 bits per heavy atom. The SMILES string of the molecule is CC(C)CN1CCN(C(=O)c2cccc(=O)[nH]2)C[C@H]1CCO. The fourth-order valence-corrected chi connectivity index (χ4v) is 2.95. The predicted molar refractivity (Wildman–Crippen MR) is 84.9 cm³/mol. The molecule has 0 radical (unpaired) electrons. The second-order valence-corrected chi connectivity index (χ2v) is 6.23. The highest BCUT2D eigenvalue weighted by atomic mass is 16.3. The van der Waals surface area contributed by atoms with E-state index >= 15 is 0 Å². The van der Waals surface area contributed by atoms with Gasteiger partial charge in [0.15, 0.2) is 0 Å². The van der Waals surface area contributed by atoms with Gasteiger partial charge in [0, 0.05) is 44.9 Å². The molecule has 0 spiro atoms. The average molecular weight is 307 g/mol. The summed E-state index contributed by atoms with van der Waals surface area (Å²) in [6.45, 7) is 7.45. The van der Waals surface area contributed by atoms with Gasteiger partial charge in [0.1, 0.15) is 5.69 Å². The molecule has 1 aliphatic heterocycles. The van der Waals surface area contributed by atoms with Crippen LogP contribution in [0, 0.1) is 5.92 Å². The van der Waals surface area contributed by atoms with Crippen molar-refractivity contribution in [3.63, 3.8) is 0 Å². The van der Waals surface area contributed by atoms with Gasteiger partial charge in [-0.15, -0.1) is 0 Å². The van der Waals surface area contributed by atoms with Crippen LogP contribution in [0.2, 0.25) is 0 Å². The number of rotatable bonds is 5. The molecule has 2 heterocycles. The fourth-order valence-electron chi connectivity index (χ4n) is 2.95. The van der Waals surface area contributed by atoms with Crippen molar-refractivity contribution >= 4 is 5.91 Å². The van der Waals surface area contributed by atoms with E-state index < -0.39 is 0 Å². The Kier molecular flexibility index (Phi) is 5.74. The Hall–Kier alpha value is -1.66. The minimum atomic E-state index is -0.267. The number of nitrogens with one attached hydrogen (secondary N) is 1. The van der Waals surface area contributed by atoms with Crippen LogP contribution in [0.15, 0.2) is 23.0 Å². The first-order valence-electron chi connectivity index (χ1n) is 7.84. The molecule has 1 fully saturated rings. The van der Waals surface area contributed by atoms with Crippen molar-refractivity contribution in [1.82, 2.24) is 14.8 Å². The van der Waals surface area contributed by atoms with Gasteiger partial charge < -0.3 is 15.0 Å². The molecule has 1 amide bonds. The summed E-state index contributed by atoms with van der Waals surface area (Å²) in [6.07, 6.45) is 0.655. The molecule has 6 nitrogen and oxygen atoms in total. The molecule has 122 valence electrons. The summed E-state index contributed by atoms with van der Waals surface area (Å²) in [5.74, 6) is 0.402. The van der Waals surface area contributed by atoms with Gasteiger partial charge >= 0.3 is 0 Å². The van der Waals surface area contributed by atoms with Crippen LogP contribution in [0.25, 0.3) is 0 Å². The Bertz CT molecular complexity index is 556. The Morgan fingerprint density at radius 1 is 1.41 bits per heavy atom. The third-order valence-corrected chi connectivity index (χ3v) is 3.95. The van der Waals surface area contributed by atoms with Gasteiger partial charge in [-0.05, 0) is 18.4 Å². The van der Waals surface area contributed by atoms with Gasteiger partial charge in [-0.2, -0.15) is 0 Å². The molecule has 2 N–H and O–H groups in total. The molecule has 6 heteroatoms. The van der Waals surface area contributed by atoms with E-state index in [4.69, 9.17) is 0 Å². The van der Waals surface area contributed by atoms with Crippen molar-refractivity contribution in [1.29, 1.82) is 0 Å². The predicted octanol–water partition coefficient (Wildman–Crippen LogP) is 0.540. The highest BCUT2D eigenvalue weighted by molar-refractivity contribution is 5.92. The van der Waals surface area contributed by atoms with Crippen molar-refractivity contribution < 1.29 is 9.90 Å². The molecule has 22 heavy (non-hydrogen) atoms. The first-order valence-corrected chi connectivity index (χ1v) is 7.84. The molecule has 1 saturated heterocycles. The maximum Gasteiger partial charge on any atom is 0.270 e. The van der Waals surface area contributed by atoms with Crippen molar-refractivity contribution in [2.24, 2.45) is 5.92 Å². The zero-order chi connectivity index (χ0) is 16.1. The van der Waals surface area contributed by atoms with Crippen LogP contribution in [-0.2, 0) is 0 Å². The first kappa shape index (κ1) is 16.7. The number of amides is 1. The number of aliphatic hydroxyl groups is 1. The molecule has 1 atom stereocenters. The van der Waals surface area contributed by atoms with Crippen molar-refractivity contribution in [2.45, 2.75) is 26.3 Å². The fraction of sp³-hybridized carbons (Fsp3) is 0.625. The van der Waals surface area contributed by atoms with Gasteiger partial charge in [0.05, 0.1) is 0 Å². The molecule has 0 saturated carbocycles. The summed E-state index contributed by atoms with van der Waals surface area (Å²) >= 11 is 0. The number of pyridine rings is 1. The quantitative estimate of drug-likeness (QED) is 0.832. The Labute approximate surface area is 130 Å². The van der Waals surface area contributed by atoms with Crippen molar-refractivity contribution in [3.8, 4) is 0 Å². The van der Waals surface area contributed by atoms with E-state index in [0.717, 1.165) is 13.1 Å². The first-order chi connectivity index (χ1) is 10.5.